The van der Waals surface area contributed by atoms with Gasteiger partial charge in [-0.2, -0.15) is 0 Å². The summed E-state index contributed by atoms with van der Waals surface area (Å²) in [5.74, 6) is 0.330. The van der Waals surface area contributed by atoms with Gasteiger partial charge in [-0.3, -0.25) is 0 Å². The number of rotatable bonds is 6. The summed E-state index contributed by atoms with van der Waals surface area (Å²) in [5, 5.41) is 0. The van der Waals surface area contributed by atoms with Crippen molar-refractivity contribution < 1.29 is 9.53 Å². The molecule has 2 nitrogen and oxygen atoms in total. The monoisotopic (exact) mass is 236 g/mol. The lowest BCUT2D eigenvalue weighted by Gasteiger charge is -2.04. The Morgan fingerprint density at radius 1 is 1.24 bits per heavy atom. The van der Waals surface area contributed by atoms with Gasteiger partial charge < -0.3 is 4.74 Å². The van der Waals surface area contributed by atoms with E-state index in [4.69, 9.17) is 0 Å². The highest BCUT2D eigenvalue weighted by molar-refractivity contribution is 5.83. The minimum absolute atomic E-state index is 0.301. The summed E-state index contributed by atoms with van der Waals surface area (Å²) in [4.78, 5) is 11.0. The minimum atomic E-state index is -0.301. The number of hydrogen-bond acceptors (Lipinski definition) is 2. The van der Waals surface area contributed by atoms with Gasteiger partial charge in [0.05, 0.1) is 7.11 Å². The van der Waals surface area contributed by atoms with Crippen LogP contribution >= 0.6 is 0 Å². The molecule has 0 bridgehead atoms. The fourth-order valence-corrected chi connectivity index (χ4v) is 1.31. The first-order valence-corrected chi connectivity index (χ1v) is 6.01. The second-order valence-corrected chi connectivity index (χ2v) is 4.67. The van der Waals surface area contributed by atoms with Crippen LogP contribution in [0.5, 0.6) is 0 Å². The molecule has 0 aliphatic carbocycles. The van der Waals surface area contributed by atoms with Gasteiger partial charge in [-0.25, -0.2) is 4.79 Å². The highest BCUT2D eigenvalue weighted by Gasteiger charge is 1.97. The summed E-state index contributed by atoms with van der Waals surface area (Å²) in [6.45, 7) is 8.36. The maximum absolute atomic E-state index is 11.0. The van der Waals surface area contributed by atoms with Crippen molar-refractivity contribution in [2.45, 2.75) is 40.5 Å². The second kappa shape index (κ2) is 8.80. The van der Waals surface area contributed by atoms with Crippen molar-refractivity contribution in [3.8, 4) is 0 Å². The van der Waals surface area contributed by atoms with E-state index < -0.39 is 0 Å². The highest BCUT2D eigenvalue weighted by Crippen LogP contribution is 2.11. The molecule has 1 atom stereocenters. The lowest BCUT2D eigenvalue weighted by atomic mass is 10.0. The molecule has 0 saturated heterocycles. The van der Waals surface area contributed by atoms with Gasteiger partial charge in [-0.1, -0.05) is 30.7 Å². The Morgan fingerprint density at radius 3 is 2.41 bits per heavy atom. The van der Waals surface area contributed by atoms with Crippen LogP contribution in [-0.4, -0.2) is 13.1 Å². The van der Waals surface area contributed by atoms with Crippen LogP contribution in [0.25, 0.3) is 0 Å². The zero-order chi connectivity index (χ0) is 13.3. The third-order valence-electron chi connectivity index (χ3n) is 2.39. The van der Waals surface area contributed by atoms with E-state index in [1.54, 1.807) is 0 Å². The van der Waals surface area contributed by atoms with Crippen molar-refractivity contribution in [3.63, 3.8) is 0 Å². The average molecular weight is 236 g/mol. The topological polar surface area (TPSA) is 26.3 Å². The first kappa shape index (κ1) is 15.7. The summed E-state index contributed by atoms with van der Waals surface area (Å²) in [7, 11) is 1.39. The van der Waals surface area contributed by atoms with Gasteiger partial charge in [-0.05, 0) is 45.1 Å². The molecule has 0 aromatic carbocycles. The van der Waals surface area contributed by atoms with E-state index in [1.165, 1.54) is 18.8 Å². The Bertz CT molecular complexity index is 318. The predicted octanol–water partition coefficient (Wildman–Crippen LogP) is 4.04. The Morgan fingerprint density at radius 2 is 1.88 bits per heavy atom. The third kappa shape index (κ3) is 9.61. The Balaban J connectivity index is 4.06. The molecule has 96 valence electrons. The molecule has 1 unspecified atom stereocenters. The van der Waals surface area contributed by atoms with E-state index in [-0.39, 0.29) is 5.97 Å². The quantitative estimate of drug-likeness (QED) is 0.301. The predicted molar refractivity (Wildman–Crippen MR) is 72.7 cm³/mol. The van der Waals surface area contributed by atoms with E-state index in [1.807, 2.05) is 13.0 Å². The lowest BCUT2D eigenvalue weighted by molar-refractivity contribution is -0.134. The van der Waals surface area contributed by atoms with Crippen LogP contribution in [0.4, 0.5) is 0 Å². The fourth-order valence-electron chi connectivity index (χ4n) is 1.31. The number of hydrogen-bond donors (Lipinski definition) is 0. The molecule has 0 spiro atoms. The second-order valence-electron chi connectivity index (χ2n) is 4.67. The van der Waals surface area contributed by atoms with Gasteiger partial charge in [0.2, 0.25) is 0 Å². The number of carbonyl (C=O) groups excluding carboxylic acids is 1. The Kier molecular flexibility index (Phi) is 8.12. The van der Waals surface area contributed by atoms with Crippen LogP contribution in [0.2, 0.25) is 0 Å². The molecule has 0 amide bonds. The van der Waals surface area contributed by atoms with Crippen LogP contribution in [0.1, 0.15) is 40.5 Å². The van der Waals surface area contributed by atoms with Crippen LogP contribution in [-0.2, 0) is 9.53 Å². The average Bonchev–Trinajstić information content (AvgIpc) is 2.26. The van der Waals surface area contributed by atoms with Crippen molar-refractivity contribution >= 4 is 5.97 Å². The number of carbonyl (C=O) groups is 1. The van der Waals surface area contributed by atoms with Crippen LogP contribution in [0.15, 0.2) is 35.5 Å². The van der Waals surface area contributed by atoms with Gasteiger partial charge in [0.1, 0.15) is 0 Å². The molecule has 0 fully saturated rings. The van der Waals surface area contributed by atoms with Crippen molar-refractivity contribution in [1.29, 1.82) is 0 Å². The van der Waals surface area contributed by atoms with E-state index in [0.29, 0.717) is 5.92 Å². The number of esters is 1. The van der Waals surface area contributed by atoms with Crippen molar-refractivity contribution in [3.05, 3.63) is 35.5 Å². The maximum Gasteiger partial charge on any atom is 0.330 e. The van der Waals surface area contributed by atoms with E-state index in [2.05, 4.69) is 37.7 Å². The van der Waals surface area contributed by atoms with Gasteiger partial charge in [0.25, 0.3) is 0 Å². The van der Waals surface area contributed by atoms with Gasteiger partial charge in [0.15, 0.2) is 0 Å². The largest absolute Gasteiger partial charge is 0.466 e. The Labute approximate surface area is 105 Å². The summed E-state index contributed by atoms with van der Waals surface area (Å²) in [6, 6.07) is 0. The highest BCUT2D eigenvalue weighted by atomic mass is 16.5. The minimum Gasteiger partial charge on any atom is -0.466 e. The van der Waals surface area contributed by atoms with Crippen molar-refractivity contribution in [2.75, 3.05) is 7.11 Å². The van der Waals surface area contributed by atoms with Crippen LogP contribution < -0.4 is 0 Å². The molecular weight excluding hydrogens is 212 g/mol. The van der Waals surface area contributed by atoms with Crippen molar-refractivity contribution in [2.24, 2.45) is 5.92 Å². The fraction of sp³-hybridized carbons (Fsp3) is 0.533. The molecule has 0 aliphatic heterocycles. The van der Waals surface area contributed by atoms with Crippen LogP contribution in [0, 0.1) is 5.92 Å². The molecule has 0 N–H and O–H groups in total. The molecule has 0 rings (SSSR count). The molecule has 0 aromatic rings. The Hall–Kier alpha value is -1.31. The summed E-state index contributed by atoms with van der Waals surface area (Å²) >= 11 is 0. The zero-order valence-corrected chi connectivity index (χ0v) is 11.6. The third-order valence-corrected chi connectivity index (χ3v) is 2.39. The maximum atomic E-state index is 11.0. The van der Waals surface area contributed by atoms with Gasteiger partial charge in [0, 0.05) is 6.08 Å². The van der Waals surface area contributed by atoms with E-state index >= 15 is 0 Å². The molecule has 0 saturated carbocycles. The van der Waals surface area contributed by atoms with Gasteiger partial charge in [-0.15, -0.1) is 0 Å². The van der Waals surface area contributed by atoms with Gasteiger partial charge >= 0.3 is 5.97 Å². The standard InChI is InChI=1S/C15H24O2/c1-12(2)9-10-13(3)7-6-8-14(4)11-15(16)17-5/h6,8-9,11,13H,7,10H2,1-5H3. The van der Waals surface area contributed by atoms with Crippen LogP contribution in [0.3, 0.4) is 0 Å². The van der Waals surface area contributed by atoms with E-state index in [9.17, 15) is 4.79 Å². The SMILES string of the molecule is COC(=O)C=C(C)C=CCC(C)CC=C(C)C. The molecule has 0 aromatic heterocycles. The lowest BCUT2D eigenvalue weighted by Crippen LogP contribution is -1.95. The summed E-state index contributed by atoms with van der Waals surface area (Å²) < 4.78 is 4.56. The number of allylic oxidation sites excluding steroid dienone is 5. The normalized spacial score (nSPS) is 13.6. The molecular formula is C15H24O2. The van der Waals surface area contributed by atoms with Crippen molar-refractivity contribution in [1.82, 2.24) is 0 Å². The summed E-state index contributed by atoms with van der Waals surface area (Å²) in [6.07, 6.45) is 9.96. The van der Waals surface area contributed by atoms with E-state index in [0.717, 1.165) is 18.4 Å². The summed E-state index contributed by atoms with van der Waals surface area (Å²) in [5.41, 5.74) is 2.29. The first-order valence-electron chi connectivity index (χ1n) is 6.01. The molecule has 0 radical (unpaired) electrons. The number of ether oxygens (including phenoxy) is 1. The number of methoxy groups -OCH3 is 1. The first-order chi connectivity index (χ1) is 7.95. The molecule has 0 heterocycles. The molecule has 0 aliphatic rings. The molecule has 17 heavy (non-hydrogen) atoms. The molecule has 2 heteroatoms. The zero-order valence-electron chi connectivity index (χ0n) is 11.6. The smallest absolute Gasteiger partial charge is 0.330 e.